The van der Waals surface area contributed by atoms with Crippen molar-refractivity contribution in [2.75, 3.05) is 6.54 Å². The fourth-order valence-corrected chi connectivity index (χ4v) is 5.16. The van der Waals surface area contributed by atoms with Crippen molar-refractivity contribution in [1.82, 2.24) is 4.90 Å². The number of hydrogen-bond acceptors (Lipinski definition) is 4. The number of nitrogens with zero attached hydrogens (tertiary/aromatic N) is 1. The zero-order chi connectivity index (χ0) is 18.0. The molecule has 5 nitrogen and oxygen atoms in total. The molecule has 130 valence electrons. The second-order valence-corrected chi connectivity index (χ2v) is 7.21. The summed E-state index contributed by atoms with van der Waals surface area (Å²) in [5.41, 5.74) is 4.45. The highest BCUT2D eigenvalue weighted by molar-refractivity contribution is 6.07. The fourth-order valence-electron chi connectivity index (χ4n) is 5.16. The van der Waals surface area contributed by atoms with Crippen LogP contribution in [0.15, 0.2) is 48.5 Å². The van der Waals surface area contributed by atoms with E-state index in [1.54, 1.807) is 0 Å². The van der Waals surface area contributed by atoms with Crippen LogP contribution < -0.4 is 5.11 Å². The van der Waals surface area contributed by atoms with Gasteiger partial charge in [-0.15, -0.1) is 0 Å². The van der Waals surface area contributed by atoms with E-state index < -0.39 is 17.8 Å². The lowest BCUT2D eigenvalue weighted by atomic mass is 9.55. The molecule has 2 aromatic rings. The first-order chi connectivity index (χ1) is 12.6. The van der Waals surface area contributed by atoms with Crippen molar-refractivity contribution >= 4 is 17.8 Å². The SMILES string of the molecule is O=C([O-])CCN1C(=O)[C@@H]2C3c4ccccc4C(c4ccccc43)[C@H]2C1=O. The Morgan fingerprint density at radius 1 is 0.808 bits per heavy atom. The van der Waals surface area contributed by atoms with Crippen LogP contribution in [0.5, 0.6) is 0 Å². The summed E-state index contributed by atoms with van der Waals surface area (Å²) in [6.07, 6.45) is -0.327. The van der Waals surface area contributed by atoms with Gasteiger partial charge in [-0.3, -0.25) is 14.5 Å². The van der Waals surface area contributed by atoms with Crippen LogP contribution in [0.4, 0.5) is 0 Å². The van der Waals surface area contributed by atoms with E-state index >= 15 is 0 Å². The van der Waals surface area contributed by atoms with Crippen LogP contribution in [-0.2, 0) is 14.4 Å². The molecule has 1 aliphatic heterocycles. The summed E-state index contributed by atoms with van der Waals surface area (Å²) >= 11 is 0. The van der Waals surface area contributed by atoms with Crippen molar-refractivity contribution in [3.63, 3.8) is 0 Å². The molecule has 0 radical (unpaired) electrons. The molecular formula is C21H16NO4-. The second kappa shape index (κ2) is 5.27. The number of carboxylic acid groups (broad SMARTS) is 1. The van der Waals surface area contributed by atoms with Crippen molar-refractivity contribution in [1.29, 1.82) is 0 Å². The van der Waals surface area contributed by atoms with Crippen LogP contribution in [0, 0.1) is 11.8 Å². The number of rotatable bonds is 3. The standard InChI is InChI=1S/C21H17NO4/c23-15(24)9-10-22-20(25)18-16-11-5-1-2-6-12(11)17(19(18)21(22)26)14-8-4-3-7-13(14)16/h1-8,16-19H,9-10H2,(H,23,24)/p-1/t16?,17?,18-,19-/m1/s1. The lowest BCUT2D eigenvalue weighted by Gasteiger charge is -2.45. The molecule has 2 bridgehead atoms. The predicted octanol–water partition coefficient (Wildman–Crippen LogP) is 1.02. The minimum absolute atomic E-state index is 0.112. The highest BCUT2D eigenvalue weighted by Crippen LogP contribution is 2.60. The molecule has 0 N–H and O–H groups in total. The first-order valence-electron chi connectivity index (χ1n) is 8.82. The maximum Gasteiger partial charge on any atom is 0.234 e. The molecule has 4 aliphatic rings. The zero-order valence-electron chi connectivity index (χ0n) is 13.9. The molecule has 6 rings (SSSR count). The monoisotopic (exact) mass is 346 g/mol. The molecule has 26 heavy (non-hydrogen) atoms. The Labute approximate surface area is 150 Å². The summed E-state index contributed by atoms with van der Waals surface area (Å²) in [6.45, 7) is -0.112. The van der Waals surface area contributed by atoms with Crippen LogP contribution >= 0.6 is 0 Å². The Kier molecular flexibility index (Phi) is 3.11. The van der Waals surface area contributed by atoms with Gasteiger partial charge in [-0.1, -0.05) is 48.5 Å². The third kappa shape index (κ3) is 1.83. The van der Waals surface area contributed by atoms with E-state index in [1.807, 2.05) is 48.5 Å². The summed E-state index contributed by atoms with van der Waals surface area (Å²) in [5, 5.41) is 10.8. The number of benzene rings is 2. The van der Waals surface area contributed by atoms with Gasteiger partial charge in [-0.2, -0.15) is 0 Å². The lowest BCUT2D eigenvalue weighted by molar-refractivity contribution is -0.305. The van der Waals surface area contributed by atoms with E-state index in [9.17, 15) is 19.5 Å². The molecule has 1 saturated heterocycles. The number of hydrogen-bond donors (Lipinski definition) is 0. The van der Waals surface area contributed by atoms with E-state index in [-0.39, 0.29) is 36.6 Å². The average Bonchev–Trinajstić information content (AvgIpc) is 2.91. The quantitative estimate of drug-likeness (QED) is 0.778. The Bertz CT molecular complexity index is 850. The largest absolute Gasteiger partial charge is 0.550 e. The molecule has 0 spiro atoms. The number of carbonyl (C=O) groups excluding carboxylic acids is 3. The van der Waals surface area contributed by atoms with E-state index in [0.29, 0.717) is 0 Å². The highest BCUT2D eigenvalue weighted by Gasteiger charge is 2.61. The Hall–Kier alpha value is -2.95. The van der Waals surface area contributed by atoms with Gasteiger partial charge in [0.1, 0.15) is 0 Å². The first-order valence-corrected chi connectivity index (χ1v) is 8.82. The zero-order valence-corrected chi connectivity index (χ0v) is 13.9. The lowest BCUT2D eigenvalue weighted by Crippen LogP contribution is -2.41. The number of carboxylic acids is 1. The molecule has 0 unspecified atom stereocenters. The molecule has 2 amide bonds. The molecule has 2 atom stereocenters. The van der Waals surface area contributed by atoms with Gasteiger partial charge in [0.25, 0.3) is 0 Å². The third-order valence-electron chi connectivity index (χ3n) is 6.08. The Balaban J connectivity index is 1.67. The minimum Gasteiger partial charge on any atom is -0.550 e. The summed E-state index contributed by atoms with van der Waals surface area (Å²) in [6, 6.07) is 16.0. The van der Waals surface area contributed by atoms with Crippen LogP contribution in [0.3, 0.4) is 0 Å². The van der Waals surface area contributed by atoms with Crippen LogP contribution in [-0.4, -0.2) is 29.2 Å². The molecule has 0 aromatic heterocycles. The summed E-state index contributed by atoms with van der Waals surface area (Å²) < 4.78 is 0. The predicted molar refractivity (Wildman–Crippen MR) is 89.9 cm³/mol. The van der Waals surface area contributed by atoms with Crippen molar-refractivity contribution < 1.29 is 19.5 Å². The number of amides is 2. The molecular weight excluding hydrogens is 330 g/mol. The third-order valence-corrected chi connectivity index (χ3v) is 6.08. The van der Waals surface area contributed by atoms with Gasteiger partial charge in [-0.05, 0) is 22.3 Å². The second-order valence-electron chi connectivity index (χ2n) is 7.21. The molecule has 5 heteroatoms. The normalized spacial score (nSPS) is 27.9. The average molecular weight is 346 g/mol. The van der Waals surface area contributed by atoms with Gasteiger partial charge >= 0.3 is 0 Å². The van der Waals surface area contributed by atoms with Gasteiger partial charge in [0.05, 0.1) is 11.8 Å². The highest BCUT2D eigenvalue weighted by atomic mass is 16.4. The van der Waals surface area contributed by atoms with Gasteiger partial charge in [0.15, 0.2) is 0 Å². The molecule has 0 saturated carbocycles. The van der Waals surface area contributed by atoms with Gasteiger partial charge in [0, 0.05) is 30.8 Å². The van der Waals surface area contributed by atoms with E-state index in [0.717, 1.165) is 27.2 Å². The van der Waals surface area contributed by atoms with E-state index in [1.165, 1.54) is 0 Å². The van der Waals surface area contributed by atoms with Crippen LogP contribution in [0.2, 0.25) is 0 Å². The Morgan fingerprint density at radius 2 is 1.19 bits per heavy atom. The van der Waals surface area contributed by atoms with E-state index in [2.05, 4.69) is 0 Å². The van der Waals surface area contributed by atoms with Crippen molar-refractivity contribution in [2.24, 2.45) is 11.8 Å². The van der Waals surface area contributed by atoms with Gasteiger partial charge < -0.3 is 9.90 Å². The van der Waals surface area contributed by atoms with Crippen molar-refractivity contribution in [3.05, 3.63) is 70.8 Å². The molecule has 2 aromatic carbocycles. The topological polar surface area (TPSA) is 77.5 Å². The summed E-state index contributed by atoms with van der Waals surface area (Å²) in [7, 11) is 0. The summed E-state index contributed by atoms with van der Waals surface area (Å²) in [4.78, 5) is 38.1. The van der Waals surface area contributed by atoms with Crippen molar-refractivity contribution in [2.45, 2.75) is 18.3 Å². The summed E-state index contributed by atoms with van der Waals surface area (Å²) in [5.74, 6) is -2.95. The van der Waals surface area contributed by atoms with Crippen LogP contribution in [0.1, 0.15) is 40.5 Å². The smallest absolute Gasteiger partial charge is 0.234 e. The van der Waals surface area contributed by atoms with Crippen LogP contribution in [0.25, 0.3) is 0 Å². The van der Waals surface area contributed by atoms with Crippen molar-refractivity contribution in [3.8, 4) is 0 Å². The minimum atomic E-state index is -1.25. The number of likely N-dealkylation sites (tertiary alicyclic amines) is 1. The Morgan fingerprint density at radius 3 is 1.54 bits per heavy atom. The molecule has 1 fully saturated rings. The maximum absolute atomic E-state index is 13.1. The first kappa shape index (κ1) is 15.3. The number of aliphatic carboxylic acids is 1. The van der Waals surface area contributed by atoms with E-state index in [4.69, 9.17) is 0 Å². The molecule has 1 heterocycles. The maximum atomic E-state index is 13.1. The number of carbonyl (C=O) groups is 3. The number of imide groups is 1. The van der Waals surface area contributed by atoms with Gasteiger partial charge in [-0.25, -0.2) is 0 Å². The van der Waals surface area contributed by atoms with Gasteiger partial charge in [0.2, 0.25) is 11.8 Å². The fraction of sp³-hybridized carbons (Fsp3) is 0.286. The molecule has 3 aliphatic carbocycles.